The molecule has 0 saturated heterocycles. The van der Waals surface area contributed by atoms with Crippen molar-refractivity contribution >= 4 is 5.91 Å². The lowest BCUT2D eigenvalue weighted by atomic mass is 10.0. The number of carbonyl (C=O) groups excluding carboxylic acids is 1. The summed E-state index contributed by atoms with van der Waals surface area (Å²) in [5.74, 6) is -0.169. The van der Waals surface area contributed by atoms with Gasteiger partial charge in [0.15, 0.2) is 0 Å². The summed E-state index contributed by atoms with van der Waals surface area (Å²) in [4.78, 5) is 12.1. The van der Waals surface area contributed by atoms with E-state index in [1.807, 2.05) is 13.0 Å². The Balaban J connectivity index is 3.92. The Morgan fingerprint density at radius 3 is 2.03 bits per heavy atom. The lowest BCUT2D eigenvalue weighted by Crippen LogP contribution is -2.50. The maximum Gasteiger partial charge on any atom is 0.220 e. The third-order valence-corrected chi connectivity index (χ3v) is 5.63. The topological polar surface area (TPSA) is 89.8 Å². The van der Waals surface area contributed by atoms with E-state index in [-0.39, 0.29) is 12.5 Å². The van der Waals surface area contributed by atoms with Gasteiger partial charge in [-0.25, -0.2) is 0 Å². The van der Waals surface area contributed by atoms with E-state index in [0.29, 0.717) is 12.8 Å². The van der Waals surface area contributed by atoms with Crippen LogP contribution in [0.1, 0.15) is 110 Å². The third-order valence-electron chi connectivity index (χ3n) is 5.63. The van der Waals surface area contributed by atoms with Crippen molar-refractivity contribution in [3.63, 3.8) is 0 Å². The molecule has 182 valence electrons. The van der Waals surface area contributed by atoms with Gasteiger partial charge in [-0.2, -0.15) is 0 Å². The molecule has 1 amide bonds. The molecule has 3 unspecified atom stereocenters. The molecule has 0 aliphatic rings. The predicted octanol–water partition coefficient (Wildman–Crippen LogP) is 5.19. The Kier molecular flexibility index (Phi) is 21.2. The van der Waals surface area contributed by atoms with E-state index in [0.717, 1.165) is 44.9 Å². The molecular weight excluding hydrogens is 390 g/mol. The first-order valence-corrected chi connectivity index (χ1v) is 12.6. The molecular formula is C26H49NO4. The summed E-state index contributed by atoms with van der Waals surface area (Å²) in [6, 6.07) is -0.822. The molecule has 0 bridgehead atoms. The summed E-state index contributed by atoms with van der Waals surface area (Å²) in [6.45, 7) is 3.85. The second-order valence-corrected chi connectivity index (χ2v) is 8.54. The molecule has 0 aromatic rings. The maximum absolute atomic E-state index is 12.1. The lowest BCUT2D eigenvalue weighted by molar-refractivity contribution is -0.124. The first kappa shape index (κ1) is 29.8. The molecule has 0 spiro atoms. The van der Waals surface area contributed by atoms with E-state index in [1.165, 1.54) is 38.5 Å². The van der Waals surface area contributed by atoms with Gasteiger partial charge in [0.2, 0.25) is 5.91 Å². The fourth-order valence-electron chi connectivity index (χ4n) is 3.59. The van der Waals surface area contributed by atoms with Crippen LogP contribution in [0.3, 0.4) is 0 Å². The third kappa shape index (κ3) is 18.1. The summed E-state index contributed by atoms with van der Waals surface area (Å²) < 4.78 is 0. The number of amides is 1. The van der Waals surface area contributed by atoms with E-state index in [2.05, 4.69) is 30.5 Å². The van der Waals surface area contributed by atoms with Crippen LogP contribution >= 0.6 is 0 Å². The van der Waals surface area contributed by atoms with Crippen LogP contribution in [0, 0.1) is 0 Å². The van der Waals surface area contributed by atoms with E-state index in [1.54, 1.807) is 0 Å². The van der Waals surface area contributed by atoms with Gasteiger partial charge in [0.25, 0.3) is 0 Å². The second kappa shape index (κ2) is 22.0. The van der Waals surface area contributed by atoms with Crippen molar-refractivity contribution < 1.29 is 20.1 Å². The van der Waals surface area contributed by atoms with Crippen molar-refractivity contribution in [1.29, 1.82) is 0 Å². The van der Waals surface area contributed by atoms with Crippen molar-refractivity contribution in [1.82, 2.24) is 5.32 Å². The highest BCUT2D eigenvalue weighted by atomic mass is 16.3. The molecule has 5 nitrogen and oxygen atoms in total. The Morgan fingerprint density at radius 2 is 1.42 bits per heavy atom. The number of nitrogens with one attached hydrogen (secondary N) is 1. The number of hydrogen-bond acceptors (Lipinski definition) is 4. The fraction of sp³-hybridized carbons (Fsp3) is 0.808. The standard InChI is InChI=1S/C26H49NO4/c1-3-5-7-9-11-13-15-17-19-21-25(30)27-23(22-28)26(31)24(29)20-18-16-14-12-10-8-6-4-2/h4,6,12,14,23-24,26,28-29,31H,3,5,7-11,13,15-22H2,1-2H3,(H,27,30)/b6-4+,14-12+. The van der Waals surface area contributed by atoms with Gasteiger partial charge in [0, 0.05) is 6.42 Å². The van der Waals surface area contributed by atoms with E-state index >= 15 is 0 Å². The first-order valence-electron chi connectivity index (χ1n) is 12.6. The number of carbonyl (C=O) groups is 1. The van der Waals surface area contributed by atoms with Crippen molar-refractivity contribution in [2.24, 2.45) is 0 Å². The van der Waals surface area contributed by atoms with Crippen LogP contribution in [-0.4, -0.2) is 46.1 Å². The number of rotatable bonds is 21. The average molecular weight is 440 g/mol. The minimum Gasteiger partial charge on any atom is -0.394 e. The van der Waals surface area contributed by atoms with Gasteiger partial charge in [-0.1, -0.05) is 82.6 Å². The average Bonchev–Trinajstić information content (AvgIpc) is 2.77. The van der Waals surface area contributed by atoms with E-state index < -0.39 is 18.2 Å². The van der Waals surface area contributed by atoms with E-state index in [4.69, 9.17) is 0 Å². The molecule has 0 aliphatic heterocycles. The van der Waals surface area contributed by atoms with Crippen LogP contribution in [0.4, 0.5) is 0 Å². The highest BCUT2D eigenvalue weighted by molar-refractivity contribution is 5.76. The fourth-order valence-corrected chi connectivity index (χ4v) is 3.59. The molecule has 31 heavy (non-hydrogen) atoms. The van der Waals surface area contributed by atoms with Crippen LogP contribution < -0.4 is 5.32 Å². The number of aliphatic hydroxyl groups is 3. The Bertz CT molecular complexity index is 464. The molecule has 0 saturated carbocycles. The number of allylic oxidation sites excluding steroid dienone is 4. The first-order chi connectivity index (χ1) is 15.1. The van der Waals surface area contributed by atoms with Gasteiger partial charge < -0.3 is 20.6 Å². The Morgan fingerprint density at radius 1 is 0.839 bits per heavy atom. The molecule has 0 heterocycles. The minimum absolute atomic E-state index is 0.169. The quantitative estimate of drug-likeness (QED) is 0.146. The Labute approximate surface area is 191 Å². The zero-order valence-electron chi connectivity index (χ0n) is 20.1. The van der Waals surface area contributed by atoms with Crippen LogP contribution in [0.25, 0.3) is 0 Å². The lowest BCUT2D eigenvalue weighted by Gasteiger charge is -2.26. The molecule has 0 aromatic carbocycles. The number of hydrogen-bond donors (Lipinski definition) is 4. The van der Waals surface area contributed by atoms with Crippen LogP contribution in [0.15, 0.2) is 24.3 Å². The van der Waals surface area contributed by atoms with Crippen molar-refractivity contribution in [3.8, 4) is 0 Å². The summed E-state index contributed by atoms with van der Waals surface area (Å²) in [5, 5.41) is 32.7. The molecule has 3 atom stereocenters. The van der Waals surface area contributed by atoms with Crippen molar-refractivity contribution in [2.45, 2.75) is 128 Å². The maximum atomic E-state index is 12.1. The number of unbranched alkanes of at least 4 members (excludes halogenated alkanes) is 10. The SMILES string of the molecule is C/C=C/CC/C=C/CCCC(O)C(O)C(CO)NC(=O)CCCCCCCCCCC. The van der Waals surface area contributed by atoms with Gasteiger partial charge in [-0.05, 0) is 45.4 Å². The highest BCUT2D eigenvalue weighted by Gasteiger charge is 2.26. The second-order valence-electron chi connectivity index (χ2n) is 8.54. The zero-order valence-corrected chi connectivity index (χ0v) is 20.1. The van der Waals surface area contributed by atoms with Gasteiger partial charge in [-0.3, -0.25) is 4.79 Å². The van der Waals surface area contributed by atoms with E-state index in [9.17, 15) is 20.1 Å². The van der Waals surface area contributed by atoms with Gasteiger partial charge >= 0.3 is 0 Å². The van der Waals surface area contributed by atoms with Gasteiger partial charge in [0.1, 0.15) is 6.10 Å². The van der Waals surface area contributed by atoms with Gasteiger partial charge in [0.05, 0.1) is 18.8 Å². The molecule has 0 aliphatic carbocycles. The normalized spacial score (nSPS) is 14.9. The Hall–Kier alpha value is -1.17. The van der Waals surface area contributed by atoms with Crippen LogP contribution in [0.5, 0.6) is 0 Å². The highest BCUT2D eigenvalue weighted by Crippen LogP contribution is 2.12. The van der Waals surface area contributed by atoms with Crippen LogP contribution in [-0.2, 0) is 4.79 Å². The molecule has 0 rings (SSSR count). The predicted molar refractivity (Wildman–Crippen MR) is 130 cm³/mol. The minimum atomic E-state index is -1.16. The molecule has 0 aromatic heterocycles. The largest absolute Gasteiger partial charge is 0.394 e. The molecule has 0 radical (unpaired) electrons. The summed E-state index contributed by atoms with van der Waals surface area (Å²) in [7, 11) is 0. The zero-order chi connectivity index (χ0) is 23.2. The summed E-state index contributed by atoms with van der Waals surface area (Å²) >= 11 is 0. The van der Waals surface area contributed by atoms with Crippen LogP contribution in [0.2, 0.25) is 0 Å². The summed E-state index contributed by atoms with van der Waals surface area (Å²) in [6.07, 6.45) is 21.5. The van der Waals surface area contributed by atoms with Crippen molar-refractivity contribution in [3.05, 3.63) is 24.3 Å². The smallest absolute Gasteiger partial charge is 0.220 e. The molecule has 5 heteroatoms. The number of aliphatic hydroxyl groups excluding tert-OH is 3. The molecule has 4 N–H and O–H groups in total. The monoisotopic (exact) mass is 439 g/mol. The van der Waals surface area contributed by atoms with Crippen molar-refractivity contribution in [2.75, 3.05) is 6.61 Å². The van der Waals surface area contributed by atoms with Gasteiger partial charge in [-0.15, -0.1) is 0 Å². The molecule has 0 fully saturated rings. The summed E-state index contributed by atoms with van der Waals surface area (Å²) in [5.41, 5.74) is 0.